The average Bonchev–Trinajstić information content (AvgIpc) is 3.19. The van der Waals surface area contributed by atoms with E-state index in [9.17, 15) is 4.21 Å². The lowest BCUT2D eigenvalue weighted by Gasteiger charge is -2.16. The molecule has 1 N–H and O–H groups in total. The molecule has 1 aromatic heterocycles. The zero-order valence-electron chi connectivity index (χ0n) is 19.4. The van der Waals surface area contributed by atoms with Crippen LogP contribution in [0.2, 0.25) is 0 Å². The number of nitrogens with one attached hydrogen (secondary N) is 1. The molecule has 2 atom stereocenters. The van der Waals surface area contributed by atoms with E-state index in [4.69, 9.17) is 23.6 Å². The topological polar surface area (TPSA) is 82.8 Å². The number of fused-ring (bicyclic) bond motifs is 1. The number of aromatic nitrogens is 1. The Bertz CT molecular complexity index is 1180. The largest absolute Gasteiger partial charge is 0.493 e. The monoisotopic (exact) mass is 468 g/mol. The van der Waals surface area contributed by atoms with Crippen LogP contribution in [0.25, 0.3) is 5.57 Å². The number of rotatable bonds is 8. The number of hydrogen-bond donors (Lipinski definition) is 1. The molecular formula is C25H28N2O5S. The summed E-state index contributed by atoms with van der Waals surface area (Å²) in [6, 6.07) is 12.1. The van der Waals surface area contributed by atoms with Crippen LogP contribution >= 0.6 is 0 Å². The summed E-state index contributed by atoms with van der Waals surface area (Å²) in [4.78, 5) is 4.71. The van der Waals surface area contributed by atoms with E-state index in [-0.39, 0.29) is 0 Å². The van der Waals surface area contributed by atoms with Crippen LogP contribution in [0.1, 0.15) is 29.5 Å². The Morgan fingerprint density at radius 1 is 1.09 bits per heavy atom. The van der Waals surface area contributed by atoms with Crippen molar-refractivity contribution in [1.82, 2.24) is 4.98 Å². The molecule has 0 saturated carbocycles. The molecule has 1 aliphatic carbocycles. The molecule has 0 bridgehead atoms. The molecule has 0 radical (unpaired) electrons. The van der Waals surface area contributed by atoms with Crippen LogP contribution in [0, 0.1) is 5.92 Å². The number of allylic oxidation sites excluding steroid dienone is 1. The van der Waals surface area contributed by atoms with E-state index >= 15 is 0 Å². The normalized spacial score (nSPS) is 15.9. The maximum absolute atomic E-state index is 11.5. The van der Waals surface area contributed by atoms with Gasteiger partial charge in [0.15, 0.2) is 17.3 Å². The highest BCUT2D eigenvalue weighted by Gasteiger charge is 2.25. The molecule has 2 aromatic carbocycles. The fourth-order valence-electron chi connectivity index (χ4n) is 4.00. The zero-order valence-corrected chi connectivity index (χ0v) is 20.2. The van der Waals surface area contributed by atoms with Crippen LogP contribution in [-0.2, 0) is 23.0 Å². The van der Waals surface area contributed by atoms with Gasteiger partial charge in [0.05, 0.1) is 27.0 Å². The summed E-state index contributed by atoms with van der Waals surface area (Å²) in [6.07, 6.45) is 4.72. The Labute approximate surface area is 196 Å². The van der Waals surface area contributed by atoms with Gasteiger partial charge in [-0.05, 0) is 23.5 Å². The Morgan fingerprint density at radius 3 is 2.33 bits per heavy atom. The first-order valence-electron chi connectivity index (χ1n) is 10.6. The Hall–Kier alpha value is -3.26. The van der Waals surface area contributed by atoms with Gasteiger partial charge in [-0.15, -0.1) is 0 Å². The molecule has 0 aliphatic heterocycles. The molecule has 1 aliphatic rings. The summed E-state index contributed by atoms with van der Waals surface area (Å²) < 4.78 is 34.0. The third-order valence-electron chi connectivity index (χ3n) is 5.46. The maximum atomic E-state index is 11.5. The second-order valence-electron chi connectivity index (χ2n) is 8.01. The van der Waals surface area contributed by atoms with Crippen LogP contribution in [0.15, 0.2) is 46.9 Å². The number of methoxy groups -OCH3 is 3. The average molecular weight is 469 g/mol. The van der Waals surface area contributed by atoms with Crippen LogP contribution in [0.4, 0.5) is 11.7 Å². The molecule has 2 unspecified atom stereocenters. The lowest BCUT2D eigenvalue weighted by atomic mass is 9.89. The van der Waals surface area contributed by atoms with Crippen molar-refractivity contribution in [2.24, 2.45) is 5.92 Å². The summed E-state index contributed by atoms with van der Waals surface area (Å²) in [5.41, 5.74) is 4.72. The quantitative estimate of drug-likeness (QED) is 0.501. The SMILES string of the molecule is COc1cc(Nc2nc3c(o2)C(c2ccc(CS(C)=O)cc2)=CC(C)C3)cc(OC)c1OC. The first-order valence-corrected chi connectivity index (χ1v) is 12.3. The molecule has 4 rings (SSSR count). The highest BCUT2D eigenvalue weighted by molar-refractivity contribution is 7.83. The summed E-state index contributed by atoms with van der Waals surface area (Å²) in [5, 5.41) is 3.23. The summed E-state index contributed by atoms with van der Waals surface area (Å²) >= 11 is 0. The summed E-state index contributed by atoms with van der Waals surface area (Å²) in [5.74, 6) is 3.23. The van der Waals surface area contributed by atoms with Crippen LogP contribution in [0.5, 0.6) is 17.2 Å². The minimum Gasteiger partial charge on any atom is -0.493 e. The van der Waals surface area contributed by atoms with E-state index in [2.05, 4.69) is 18.3 Å². The molecule has 7 nitrogen and oxygen atoms in total. The molecule has 0 saturated heterocycles. The van der Waals surface area contributed by atoms with Gasteiger partial charge in [-0.2, -0.15) is 4.98 Å². The second kappa shape index (κ2) is 9.70. The molecule has 0 spiro atoms. The molecule has 33 heavy (non-hydrogen) atoms. The van der Waals surface area contributed by atoms with Crippen molar-refractivity contribution < 1.29 is 22.8 Å². The van der Waals surface area contributed by atoms with Gasteiger partial charge >= 0.3 is 0 Å². The second-order valence-corrected chi connectivity index (χ2v) is 9.45. The van der Waals surface area contributed by atoms with Gasteiger partial charge in [0.25, 0.3) is 6.01 Å². The van der Waals surface area contributed by atoms with E-state index < -0.39 is 10.8 Å². The van der Waals surface area contributed by atoms with Crippen LogP contribution in [-0.4, -0.2) is 36.8 Å². The molecule has 8 heteroatoms. The van der Waals surface area contributed by atoms with E-state index in [0.29, 0.717) is 40.6 Å². The molecule has 174 valence electrons. The molecule has 1 heterocycles. The molecule has 0 amide bonds. The fraction of sp³-hybridized carbons (Fsp3) is 0.320. The standard InChI is InChI=1S/C25H28N2O5S/c1-15-10-19(17-8-6-16(7-9-17)14-33(5)28)23-20(11-15)27-25(32-23)26-18-12-21(29-2)24(31-4)22(13-18)30-3/h6-10,12-13,15H,11,14H2,1-5H3,(H,26,27). The molecule has 3 aromatic rings. The third kappa shape index (κ3) is 4.90. The van der Waals surface area contributed by atoms with Crippen molar-refractivity contribution in [3.8, 4) is 17.2 Å². The Morgan fingerprint density at radius 2 is 1.76 bits per heavy atom. The van der Waals surface area contributed by atoms with Gasteiger partial charge in [-0.3, -0.25) is 4.21 Å². The Kier molecular flexibility index (Phi) is 6.74. The predicted octanol–water partition coefficient (Wildman–Crippen LogP) is 4.95. The molecule has 0 fully saturated rings. The van der Waals surface area contributed by atoms with Gasteiger partial charge < -0.3 is 23.9 Å². The minimum atomic E-state index is -0.870. The van der Waals surface area contributed by atoms with Crippen LogP contribution in [0.3, 0.4) is 0 Å². The predicted molar refractivity (Wildman–Crippen MR) is 130 cm³/mol. The maximum Gasteiger partial charge on any atom is 0.299 e. The highest BCUT2D eigenvalue weighted by atomic mass is 32.2. The van der Waals surface area contributed by atoms with E-state index in [1.165, 1.54) is 0 Å². The van der Waals surface area contributed by atoms with E-state index in [1.54, 1.807) is 39.7 Å². The van der Waals surface area contributed by atoms with Gasteiger partial charge in [-0.25, -0.2) is 0 Å². The van der Waals surface area contributed by atoms with E-state index in [0.717, 1.165) is 34.6 Å². The zero-order chi connectivity index (χ0) is 23.5. The Balaban J connectivity index is 1.64. The van der Waals surface area contributed by atoms with E-state index in [1.807, 2.05) is 24.3 Å². The molecular weight excluding hydrogens is 440 g/mol. The van der Waals surface area contributed by atoms with Crippen molar-refractivity contribution in [3.05, 3.63) is 65.1 Å². The summed E-state index contributed by atoms with van der Waals surface area (Å²) in [7, 11) is 3.85. The minimum absolute atomic E-state index is 0.328. The lowest BCUT2D eigenvalue weighted by Crippen LogP contribution is -2.07. The fourth-order valence-corrected chi connectivity index (χ4v) is 4.66. The number of oxazole rings is 1. The summed E-state index contributed by atoms with van der Waals surface area (Å²) in [6.45, 7) is 2.17. The van der Waals surface area contributed by atoms with Gasteiger partial charge in [0.2, 0.25) is 5.75 Å². The number of anilines is 2. The van der Waals surface area contributed by atoms with Crippen molar-refractivity contribution >= 4 is 28.1 Å². The first-order chi connectivity index (χ1) is 15.9. The van der Waals surface area contributed by atoms with Gasteiger partial charge in [0.1, 0.15) is 0 Å². The first kappa shape index (κ1) is 22.9. The highest BCUT2D eigenvalue weighted by Crippen LogP contribution is 2.41. The smallest absolute Gasteiger partial charge is 0.299 e. The van der Waals surface area contributed by atoms with Gasteiger partial charge in [-0.1, -0.05) is 37.3 Å². The van der Waals surface area contributed by atoms with Gasteiger partial charge in [0, 0.05) is 46.2 Å². The van der Waals surface area contributed by atoms with Crippen LogP contribution < -0.4 is 19.5 Å². The van der Waals surface area contributed by atoms with Crippen molar-refractivity contribution in [1.29, 1.82) is 0 Å². The number of hydrogen-bond acceptors (Lipinski definition) is 7. The number of nitrogens with zero attached hydrogens (tertiary/aromatic N) is 1. The third-order valence-corrected chi connectivity index (χ3v) is 6.20. The lowest BCUT2D eigenvalue weighted by molar-refractivity contribution is 0.324. The van der Waals surface area contributed by atoms with Crippen molar-refractivity contribution in [2.75, 3.05) is 32.9 Å². The number of ether oxygens (including phenoxy) is 3. The number of benzene rings is 2. The van der Waals surface area contributed by atoms with Crippen molar-refractivity contribution in [2.45, 2.75) is 19.1 Å². The van der Waals surface area contributed by atoms with Crippen molar-refractivity contribution in [3.63, 3.8) is 0 Å².